The summed E-state index contributed by atoms with van der Waals surface area (Å²) in [6.07, 6.45) is 0.241. The molecule has 0 aliphatic heterocycles. The molecule has 84 valence electrons. The van der Waals surface area contributed by atoms with E-state index in [0.717, 1.165) is 6.07 Å². The first-order chi connectivity index (χ1) is 7.56. The van der Waals surface area contributed by atoms with Crippen molar-refractivity contribution in [2.24, 2.45) is 10.9 Å². The van der Waals surface area contributed by atoms with E-state index in [1.165, 1.54) is 19.1 Å². The molecule has 1 aromatic carbocycles. The van der Waals surface area contributed by atoms with Gasteiger partial charge in [0, 0.05) is 0 Å². The number of rotatable bonds is 3. The van der Waals surface area contributed by atoms with Crippen LogP contribution in [0.25, 0.3) is 0 Å². The number of carbonyl (C=O) groups excluding carboxylic acids is 2. The highest BCUT2D eigenvalue weighted by Gasteiger charge is 2.15. The van der Waals surface area contributed by atoms with E-state index in [2.05, 4.69) is 9.99 Å². The van der Waals surface area contributed by atoms with Gasteiger partial charge >= 0.3 is 5.97 Å². The van der Waals surface area contributed by atoms with Crippen molar-refractivity contribution in [1.82, 2.24) is 0 Å². The lowest BCUT2D eigenvalue weighted by atomic mass is 10.1. The van der Waals surface area contributed by atoms with Crippen LogP contribution in [0.1, 0.15) is 27.6 Å². The molecule has 1 aromatic rings. The van der Waals surface area contributed by atoms with Gasteiger partial charge in [-0.1, -0.05) is 11.2 Å². The van der Waals surface area contributed by atoms with E-state index >= 15 is 0 Å². The number of oxime groups is 1. The molecule has 0 spiro atoms. The third kappa shape index (κ3) is 2.63. The van der Waals surface area contributed by atoms with Crippen molar-refractivity contribution in [3.63, 3.8) is 0 Å². The molecular weight excluding hydrogens is 215 g/mol. The molecule has 0 heterocycles. The molecule has 0 saturated heterocycles. The largest absolute Gasteiger partial charge is 0.385 e. The molecule has 6 heteroatoms. The number of aldehydes is 1. The van der Waals surface area contributed by atoms with Crippen molar-refractivity contribution in [2.75, 3.05) is 0 Å². The van der Waals surface area contributed by atoms with Crippen LogP contribution in [0, 0.1) is 5.82 Å². The minimum Gasteiger partial charge on any atom is -0.385 e. The Morgan fingerprint density at radius 3 is 2.81 bits per heavy atom. The predicted octanol–water partition coefficient (Wildman–Crippen LogP) is 1.09. The van der Waals surface area contributed by atoms with E-state index in [1.54, 1.807) is 0 Å². The van der Waals surface area contributed by atoms with Crippen LogP contribution in [-0.2, 0) is 4.84 Å². The van der Waals surface area contributed by atoms with Gasteiger partial charge in [0.25, 0.3) is 0 Å². The van der Waals surface area contributed by atoms with Crippen molar-refractivity contribution in [1.29, 1.82) is 0 Å². The molecule has 2 N–H and O–H groups in total. The summed E-state index contributed by atoms with van der Waals surface area (Å²) in [5.41, 5.74) is 4.59. The van der Waals surface area contributed by atoms with E-state index in [4.69, 9.17) is 5.73 Å². The van der Waals surface area contributed by atoms with Crippen LogP contribution in [0.3, 0.4) is 0 Å². The standard InChI is InChI=1S/C10H9FN2O3/c1-6(12)13-16-10(15)7-3-2-4-9(11)8(7)5-14/h2-5H,1H3,(H2,12,13). The summed E-state index contributed by atoms with van der Waals surface area (Å²) in [4.78, 5) is 26.3. The van der Waals surface area contributed by atoms with Gasteiger partial charge in [0.15, 0.2) is 6.29 Å². The summed E-state index contributed by atoms with van der Waals surface area (Å²) in [6, 6.07) is 3.62. The molecule has 0 amide bonds. The molecule has 0 atom stereocenters. The monoisotopic (exact) mass is 224 g/mol. The molecule has 0 aliphatic rings. The normalized spacial score (nSPS) is 11.0. The molecule has 0 aliphatic carbocycles. The number of nitrogens with zero attached hydrogens (tertiary/aromatic N) is 1. The maximum atomic E-state index is 13.1. The SMILES string of the molecule is C/C(N)=N\OC(=O)c1cccc(F)c1C=O. The molecule has 0 radical (unpaired) electrons. The minimum absolute atomic E-state index is 0.0393. The second-order valence-corrected chi connectivity index (χ2v) is 2.93. The first kappa shape index (κ1) is 11.8. The second-order valence-electron chi connectivity index (χ2n) is 2.93. The van der Waals surface area contributed by atoms with Crippen molar-refractivity contribution in [3.8, 4) is 0 Å². The first-order valence-corrected chi connectivity index (χ1v) is 4.31. The fraction of sp³-hybridized carbons (Fsp3) is 0.100. The lowest BCUT2D eigenvalue weighted by Crippen LogP contribution is -2.11. The number of halogens is 1. The lowest BCUT2D eigenvalue weighted by Gasteiger charge is -2.02. The Morgan fingerprint density at radius 2 is 2.25 bits per heavy atom. The molecule has 0 aromatic heterocycles. The van der Waals surface area contributed by atoms with E-state index in [-0.39, 0.29) is 23.2 Å². The number of hydrogen-bond donors (Lipinski definition) is 1. The van der Waals surface area contributed by atoms with E-state index in [1.807, 2.05) is 0 Å². The van der Waals surface area contributed by atoms with Gasteiger partial charge in [0.1, 0.15) is 11.7 Å². The molecular formula is C10H9FN2O3. The molecule has 0 fully saturated rings. The summed E-state index contributed by atoms with van der Waals surface area (Å²) in [7, 11) is 0. The first-order valence-electron chi connectivity index (χ1n) is 4.31. The average Bonchev–Trinajstić information content (AvgIpc) is 2.25. The maximum Gasteiger partial charge on any atom is 0.366 e. The van der Waals surface area contributed by atoms with Gasteiger partial charge in [-0.3, -0.25) is 4.79 Å². The molecule has 1 rings (SSSR count). The third-order valence-corrected chi connectivity index (χ3v) is 1.66. The van der Waals surface area contributed by atoms with Gasteiger partial charge in [-0.25, -0.2) is 9.18 Å². The Labute approximate surface area is 90.7 Å². The molecule has 0 unspecified atom stereocenters. The van der Waals surface area contributed by atoms with Gasteiger partial charge in [-0.15, -0.1) is 0 Å². The fourth-order valence-corrected chi connectivity index (χ4v) is 0.997. The van der Waals surface area contributed by atoms with Crippen LogP contribution >= 0.6 is 0 Å². The van der Waals surface area contributed by atoms with Gasteiger partial charge in [0.2, 0.25) is 0 Å². The number of benzene rings is 1. The zero-order valence-electron chi connectivity index (χ0n) is 8.44. The van der Waals surface area contributed by atoms with Gasteiger partial charge in [-0.2, -0.15) is 0 Å². The minimum atomic E-state index is -0.939. The Bertz CT molecular complexity index is 453. The van der Waals surface area contributed by atoms with Crippen LogP contribution in [0.15, 0.2) is 23.4 Å². The van der Waals surface area contributed by atoms with Gasteiger partial charge in [-0.05, 0) is 19.1 Å². The van der Waals surface area contributed by atoms with Crippen molar-refractivity contribution < 1.29 is 18.8 Å². The smallest absolute Gasteiger partial charge is 0.366 e. The van der Waals surface area contributed by atoms with Crippen LogP contribution in [0.4, 0.5) is 4.39 Å². The quantitative estimate of drug-likeness (QED) is 0.274. The Hall–Kier alpha value is -2.24. The second kappa shape index (κ2) is 5.01. The highest BCUT2D eigenvalue weighted by atomic mass is 19.1. The van der Waals surface area contributed by atoms with Crippen molar-refractivity contribution in [3.05, 3.63) is 35.1 Å². The van der Waals surface area contributed by atoms with Crippen LogP contribution in [0.5, 0.6) is 0 Å². The maximum absolute atomic E-state index is 13.1. The lowest BCUT2D eigenvalue weighted by molar-refractivity contribution is 0.0512. The van der Waals surface area contributed by atoms with Crippen LogP contribution < -0.4 is 5.73 Å². The Kier molecular flexibility index (Phi) is 3.71. The van der Waals surface area contributed by atoms with Gasteiger partial charge in [0.05, 0.1) is 11.1 Å². The highest BCUT2D eigenvalue weighted by Crippen LogP contribution is 2.12. The summed E-state index contributed by atoms with van der Waals surface area (Å²) < 4.78 is 13.1. The fourth-order valence-electron chi connectivity index (χ4n) is 0.997. The highest BCUT2D eigenvalue weighted by molar-refractivity contribution is 5.98. The molecule has 0 bridgehead atoms. The van der Waals surface area contributed by atoms with E-state index < -0.39 is 11.8 Å². The Morgan fingerprint density at radius 1 is 1.56 bits per heavy atom. The number of nitrogens with two attached hydrogens (primary N) is 1. The van der Waals surface area contributed by atoms with E-state index in [9.17, 15) is 14.0 Å². The van der Waals surface area contributed by atoms with Crippen LogP contribution in [-0.4, -0.2) is 18.1 Å². The summed E-state index contributed by atoms with van der Waals surface area (Å²) in [5, 5.41) is 3.21. The van der Waals surface area contributed by atoms with Crippen LogP contribution in [0.2, 0.25) is 0 Å². The van der Waals surface area contributed by atoms with E-state index in [0.29, 0.717) is 0 Å². The molecule has 0 saturated carbocycles. The number of hydrogen-bond acceptors (Lipinski definition) is 4. The van der Waals surface area contributed by atoms with Crippen molar-refractivity contribution >= 4 is 18.1 Å². The zero-order valence-corrected chi connectivity index (χ0v) is 8.44. The number of carbonyl (C=O) groups is 2. The Balaban J connectivity index is 3.04. The van der Waals surface area contributed by atoms with Crippen molar-refractivity contribution in [2.45, 2.75) is 6.92 Å². The zero-order chi connectivity index (χ0) is 12.1. The topological polar surface area (TPSA) is 81.8 Å². The summed E-state index contributed by atoms with van der Waals surface area (Å²) >= 11 is 0. The molecule has 5 nitrogen and oxygen atoms in total. The summed E-state index contributed by atoms with van der Waals surface area (Å²) in [5.74, 6) is -1.69. The van der Waals surface area contributed by atoms with Gasteiger partial charge < -0.3 is 10.6 Å². The predicted molar refractivity (Wildman–Crippen MR) is 54.5 cm³/mol. The molecule has 16 heavy (non-hydrogen) atoms. The third-order valence-electron chi connectivity index (χ3n) is 1.66. The summed E-state index contributed by atoms with van der Waals surface area (Å²) in [6.45, 7) is 1.42. The average molecular weight is 224 g/mol. The number of amidine groups is 1.